The van der Waals surface area contributed by atoms with Crippen LogP contribution in [0.1, 0.15) is 18.4 Å². The fourth-order valence-corrected chi connectivity index (χ4v) is 4.46. The van der Waals surface area contributed by atoms with Crippen molar-refractivity contribution in [2.75, 3.05) is 56.7 Å². The Kier molecular flexibility index (Phi) is 7.27. The van der Waals surface area contributed by atoms with E-state index in [-0.39, 0.29) is 17.9 Å². The molecule has 2 aliphatic rings. The Bertz CT molecular complexity index is 906. The third-order valence-corrected chi connectivity index (χ3v) is 6.28. The molecule has 2 aliphatic heterocycles. The fraction of sp³-hybridized carbons (Fsp3) is 0.440. The molecule has 4 rings (SSSR count). The second kappa shape index (κ2) is 10.5. The average molecular weight is 437 g/mol. The van der Waals surface area contributed by atoms with E-state index >= 15 is 0 Å². The normalized spacial score (nSPS) is 17.2. The summed E-state index contributed by atoms with van der Waals surface area (Å²) < 4.78 is 5.48. The maximum absolute atomic E-state index is 13.1. The van der Waals surface area contributed by atoms with Gasteiger partial charge in [0.15, 0.2) is 0 Å². The van der Waals surface area contributed by atoms with E-state index in [9.17, 15) is 9.59 Å². The van der Waals surface area contributed by atoms with Crippen LogP contribution in [0.25, 0.3) is 0 Å². The molecular formula is C25H32N4O3. The number of rotatable bonds is 5. The fourth-order valence-electron chi connectivity index (χ4n) is 4.46. The highest BCUT2D eigenvalue weighted by Gasteiger charge is 2.29. The first-order valence-corrected chi connectivity index (χ1v) is 11.4. The lowest BCUT2D eigenvalue weighted by Gasteiger charge is -2.34. The number of nitrogens with zero attached hydrogens (tertiary/aromatic N) is 3. The van der Waals surface area contributed by atoms with Crippen LogP contribution >= 0.6 is 0 Å². The molecule has 7 heteroatoms. The number of nitrogens with one attached hydrogen (secondary N) is 1. The van der Waals surface area contributed by atoms with Gasteiger partial charge in [-0.05, 0) is 36.6 Å². The first kappa shape index (κ1) is 22.1. The van der Waals surface area contributed by atoms with Crippen molar-refractivity contribution in [2.45, 2.75) is 19.4 Å². The van der Waals surface area contributed by atoms with Gasteiger partial charge < -0.3 is 24.8 Å². The highest BCUT2D eigenvalue weighted by molar-refractivity contribution is 5.89. The van der Waals surface area contributed by atoms with Gasteiger partial charge in [0.25, 0.3) is 0 Å². The molecule has 0 unspecified atom stereocenters. The number of likely N-dealkylation sites (tertiary alicyclic amines) is 1. The van der Waals surface area contributed by atoms with Crippen molar-refractivity contribution in [1.29, 1.82) is 0 Å². The molecule has 0 radical (unpaired) electrons. The van der Waals surface area contributed by atoms with Crippen LogP contribution in [0.3, 0.4) is 0 Å². The van der Waals surface area contributed by atoms with Crippen LogP contribution in [-0.4, -0.2) is 68.2 Å². The van der Waals surface area contributed by atoms with Gasteiger partial charge >= 0.3 is 6.03 Å². The van der Waals surface area contributed by atoms with E-state index < -0.39 is 0 Å². The highest BCUT2D eigenvalue weighted by atomic mass is 16.5. The molecule has 2 aromatic carbocycles. The minimum absolute atomic E-state index is 0.0451. The van der Waals surface area contributed by atoms with Crippen molar-refractivity contribution in [3.05, 3.63) is 60.2 Å². The zero-order chi connectivity index (χ0) is 22.3. The summed E-state index contributed by atoms with van der Waals surface area (Å²) in [5.41, 5.74) is 3.13. The third-order valence-electron chi connectivity index (χ3n) is 6.28. The van der Waals surface area contributed by atoms with Crippen LogP contribution in [0.4, 0.5) is 16.2 Å². The van der Waals surface area contributed by atoms with E-state index in [0.717, 1.165) is 37.6 Å². The zero-order valence-corrected chi connectivity index (χ0v) is 18.7. The van der Waals surface area contributed by atoms with E-state index in [1.807, 2.05) is 54.4 Å². The van der Waals surface area contributed by atoms with Gasteiger partial charge in [0.05, 0.1) is 13.2 Å². The van der Waals surface area contributed by atoms with Crippen LogP contribution in [-0.2, 0) is 16.1 Å². The summed E-state index contributed by atoms with van der Waals surface area (Å²) in [5.74, 6) is 0.112. The number of hydrogen-bond acceptors (Lipinski definition) is 4. The van der Waals surface area contributed by atoms with Gasteiger partial charge in [-0.25, -0.2) is 4.79 Å². The second-order valence-corrected chi connectivity index (χ2v) is 8.48. The number of morpholine rings is 1. The van der Waals surface area contributed by atoms with Gasteiger partial charge in [0, 0.05) is 57.1 Å². The van der Waals surface area contributed by atoms with E-state index in [4.69, 9.17) is 4.74 Å². The summed E-state index contributed by atoms with van der Waals surface area (Å²) in [4.78, 5) is 31.6. The van der Waals surface area contributed by atoms with Crippen molar-refractivity contribution in [2.24, 2.45) is 5.92 Å². The number of carbonyl (C=O) groups is 2. The summed E-state index contributed by atoms with van der Waals surface area (Å²) in [6.45, 7) is 4.98. The first-order valence-electron chi connectivity index (χ1n) is 11.4. The van der Waals surface area contributed by atoms with E-state index in [0.29, 0.717) is 32.5 Å². The smallest absolute Gasteiger partial charge is 0.321 e. The summed E-state index contributed by atoms with van der Waals surface area (Å²) in [6.07, 6.45) is 1.38. The Morgan fingerprint density at radius 1 is 0.969 bits per heavy atom. The number of benzene rings is 2. The van der Waals surface area contributed by atoms with Crippen LogP contribution in [0.2, 0.25) is 0 Å². The Morgan fingerprint density at radius 3 is 2.34 bits per heavy atom. The Morgan fingerprint density at radius 2 is 1.62 bits per heavy atom. The number of hydrogen-bond donors (Lipinski definition) is 1. The predicted molar refractivity (Wildman–Crippen MR) is 126 cm³/mol. The highest BCUT2D eigenvalue weighted by Crippen LogP contribution is 2.25. The molecule has 0 atom stereocenters. The lowest BCUT2D eigenvalue weighted by molar-refractivity contribution is -0.136. The van der Waals surface area contributed by atoms with Gasteiger partial charge in [-0.2, -0.15) is 0 Å². The van der Waals surface area contributed by atoms with Crippen LogP contribution in [0, 0.1) is 5.92 Å². The van der Waals surface area contributed by atoms with Gasteiger partial charge in [-0.3, -0.25) is 4.79 Å². The summed E-state index contributed by atoms with van der Waals surface area (Å²) >= 11 is 0. The summed E-state index contributed by atoms with van der Waals surface area (Å²) in [6, 6.07) is 17.7. The molecule has 2 heterocycles. The molecule has 170 valence electrons. The lowest BCUT2D eigenvalue weighted by atomic mass is 9.95. The van der Waals surface area contributed by atoms with E-state index in [1.54, 1.807) is 4.90 Å². The number of para-hydroxylation sites is 2. The molecule has 0 bridgehead atoms. The third kappa shape index (κ3) is 5.40. The summed E-state index contributed by atoms with van der Waals surface area (Å²) in [5, 5.41) is 2.93. The van der Waals surface area contributed by atoms with Gasteiger partial charge in [0.1, 0.15) is 0 Å². The quantitative estimate of drug-likeness (QED) is 0.780. The molecule has 32 heavy (non-hydrogen) atoms. The molecule has 7 nitrogen and oxygen atoms in total. The minimum Gasteiger partial charge on any atom is -0.378 e. The molecule has 1 N–H and O–H groups in total. The number of piperidine rings is 1. The molecule has 0 spiro atoms. The van der Waals surface area contributed by atoms with Gasteiger partial charge in [-0.15, -0.1) is 0 Å². The Labute approximate surface area is 189 Å². The van der Waals surface area contributed by atoms with Crippen LogP contribution < -0.4 is 10.2 Å². The van der Waals surface area contributed by atoms with E-state index in [2.05, 4.69) is 22.3 Å². The molecule has 0 saturated carbocycles. The molecule has 3 amide bonds. The first-order chi connectivity index (χ1) is 15.6. The molecule has 2 fully saturated rings. The average Bonchev–Trinajstić information content (AvgIpc) is 2.85. The maximum atomic E-state index is 13.1. The topological polar surface area (TPSA) is 65.1 Å². The monoisotopic (exact) mass is 436 g/mol. The lowest BCUT2D eigenvalue weighted by Crippen LogP contribution is -2.45. The van der Waals surface area contributed by atoms with Gasteiger partial charge in [0.2, 0.25) is 5.91 Å². The Hall–Kier alpha value is -3.06. The Balaban J connectivity index is 1.30. The maximum Gasteiger partial charge on any atom is 0.321 e. The van der Waals surface area contributed by atoms with Crippen LogP contribution in [0.5, 0.6) is 0 Å². The standard InChI is InChI=1S/C25H32N4O3/c1-27(19-21-7-5-6-10-23(21)28-15-17-32-18-16-28)24(30)20-11-13-29(14-12-20)25(31)26-22-8-3-2-4-9-22/h2-10,20H,11-19H2,1H3,(H,26,31). The molecule has 2 saturated heterocycles. The number of carbonyl (C=O) groups excluding carboxylic acids is 2. The number of amides is 3. The zero-order valence-electron chi connectivity index (χ0n) is 18.7. The summed E-state index contributed by atoms with van der Waals surface area (Å²) in [7, 11) is 1.88. The van der Waals surface area contributed by atoms with Crippen molar-refractivity contribution in [3.63, 3.8) is 0 Å². The van der Waals surface area contributed by atoms with Crippen molar-refractivity contribution < 1.29 is 14.3 Å². The molecule has 0 aliphatic carbocycles. The largest absolute Gasteiger partial charge is 0.378 e. The number of ether oxygens (including phenoxy) is 1. The molecule has 0 aromatic heterocycles. The SMILES string of the molecule is CN(Cc1ccccc1N1CCOCC1)C(=O)C1CCN(C(=O)Nc2ccccc2)CC1. The van der Waals surface area contributed by atoms with E-state index in [1.165, 1.54) is 5.69 Å². The van der Waals surface area contributed by atoms with Crippen molar-refractivity contribution in [1.82, 2.24) is 9.80 Å². The number of urea groups is 1. The minimum atomic E-state index is -0.102. The van der Waals surface area contributed by atoms with Crippen molar-refractivity contribution >= 4 is 23.3 Å². The molecular weight excluding hydrogens is 404 g/mol. The number of anilines is 2. The van der Waals surface area contributed by atoms with Crippen LogP contribution in [0.15, 0.2) is 54.6 Å². The van der Waals surface area contributed by atoms with Crippen molar-refractivity contribution in [3.8, 4) is 0 Å². The van der Waals surface area contributed by atoms with Gasteiger partial charge in [-0.1, -0.05) is 36.4 Å². The predicted octanol–water partition coefficient (Wildman–Crippen LogP) is 3.43. The molecule has 2 aromatic rings. The second-order valence-electron chi connectivity index (χ2n) is 8.48.